The molecule has 0 amide bonds. The predicted molar refractivity (Wildman–Crippen MR) is 81.3 cm³/mol. The van der Waals surface area contributed by atoms with E-state index in [4.69, 9.17) is 12.2 Å². The zero-order chi connectivity index (χ0) is 13.2. The Labute approximate surface area is 119 Å². The molecule has 0 aliphatic carbocycles. The van der Waals surface area contributed by atoms with E-state index in [2.05, 4.69) is 41.6 Å². The van der Waals surface area contributed by atoms with E-state index in [0.717, 1.165) is 29.1 Å². The first-order valence-corrected chi connectivity index (χ1v) is 7.43. The minimum Gasteiger partial charge on any atom is -0.340 e. The third-order valence-corrected chi connectivity index (χ3v) is 4.39. The number of thioether (sulfide) groups is 1. The number of pyridine rings is 1. The number of nitrogens with zero attached hydrogens (tertiary/aromatic N) is 3. The normalized spacial score (nSPS) is 18.2. The smallest absolute Gasteiger partial charge is 0.139 e. The molecule has 1 aliphatic heterocycles. The molecule has 0 bridgehead atoms. The van der Waals surface area contributed by atoms with E-state index in [9.17, 15) is 0 Å². The predicted octanol–water partition coefficient (Wildman–Crippen LogP) is 2.93. The zero-order valence-corrected chi connectivity index (χ0v) is 12.7. The monoisotopic (exact) mass is 281 g/mol. The number of hydrogen-bond donors (Lipinski definition) is 0. The second-order valence-electron chi connectivity index (χ2n) is 5.43. The summed E-state index contributed by atoms with van der Waals surface area (Å²) in [5, 5.41) is 0. The van der Waals surface area contributed by atoms with E-state index < -0.39 is 0 Å². The summed E-state index contributed by atoms with van der Waals surface area (Å²) in [5.74, 6) is 0.946. The lowest BCUT2D eigenvalue weighted by Gasteiger charge is -2.44. The molecule has 3 nitrogen and oxygen atoms in total. The van der Waals surface area contributed by atoms with Gasteiger partial charge in [0.1, 0.15) is 4.32 Å². The van der Waals surface area contributed by atoms with Gasteiger partial charge >= 0.3 is 0 Å². The Hall–Kier alpha value is -0.650. The van der Waals surface area contributed by atoms with Gasteiger partial charge in [-0.1, -0.05) is 30.0 Å². The molecule has 1 fully saturated rings. The van der Waals surface area contributed by atoms with Crippen molar-refractivity contribution in [3.8, 4) is 0 Å². The van der Waals surface area contributed by atoms with Gasteiger partial charge in [-0.05, 0) is 32.9 Å². The van der Waals surface area contributed by atoms with Gasteiger partial charge in [0.05, 0.1) is 18.2 Å². The van der Waals surface area contributed by atoms with Crippen molar-refractivity contribution in [1.82, 2.24) is 14.8 Å². The molecule has 0 saturated carbocycles. The Morgan fingerprint density at radius 1 is 1.39 bits per heavy atom. The first kappa shape index (κ1) is 13.8. The second kappa shape index (κ2) is 5.55. The van der Waals surface area contributed by atoms with Crippen LogP contribution >= 0.6 is 24.0 Å². The Bertz CT molecular complexity index is 414. The Kier molecular flexibility index (Phi) is 4.25. The molecule has 0 N–H and O–H groups in total. The van der Waals surface area contributed by atoms with Crippen LogP contribution in [-0.2, 0) is 6.54 Å². The van der Waals surface area contributed by atoms with Crippen LogP contribution in [0.1, 0.15) is 26.5 Å². The third kappa shape index (κ3) is 3.43. The molecule has 1 aliphatic rings. The quantitative estimate of drug-likeness (QED) is 0.774. The van der Waals surface area contributed by atoms with Gasteiger partial charge in [0.15, 0.2) is 0 Å². The van der Waals surface area contributed by atoms with Crippen LogP contribution in [-0.4, -0.2) is 37.2 Å². The maximum Gasteiger partial charge on any atom is 0.139 e. The van der Waals surface area contributed by atoms with Crippen molar-refractivity contribution in [2.45, 2.75) is 32.9 Å². The summed E-state index contributed by atoms with van der Waals surface area (Å²) in [5.41, 5.74) is 1.19. The van der Waals surface area contributed by atoms with Crippen molar-refractivity contribution in [1.29, 1.82) is 0 Å². The van der Waals surface area contributed by atoms with Gasteiger partial charge in [0.25, 0.3) is 0 Å². The van der Waals surface area contributed by atoms with E-state index in [1.807, 2.05) is 18.3 Å². The van der Waals surface area contributed by atoms with E-state index in [1.54, 1.807) is 11.8 Å². The number of aromatic nitrogens is 1. The van der Waals surface area contributed by atoms with Crippen LogP contribution in [0.2, 0.25) is 0 Å². The highest BCUT2D eigenvalue weighted by Crippen LogP contribution is 2.26. The van der Waals surface area contributed by atoms with Crippen LogP contribution in [0.4, 0.5) is 0 Å². The highest BCUT2D eigenvalue weighted by molar-refractivity contribution is 8.22. The number of hydrogen-bond acceptors (Lipinski definition) is 4. The van der Waals surface area contributed by atoms with Crippen LogP contribution in [0.3, 0.4) is 0 Å². The molecule has 5 heteroatoms. The number of thiocarbonyl (C=S) groups is 1. The topological polar surface area (TPSA) is 19.4 Å². The zero-order valence-electron chi connectivity index (χ0n) is 11.1. The van der Waals surface area contributed by atoms with Crippen LogP contribution in [0.5, 0.6) is 0 Å². The summed E-state index contributed by atoms with van der Waals surface area (Å²) in [6.07, 6.45) is 1.85. The molecule has 1 aromatic rings. The highest BCUT2D eigenvalue weighted by Gasteiger charge is 2.29. The first-order chi connectivity index (χ1) is 8.47. The van der Waals surface area contributed by atoms with E-state index in [-0.39, 0.29) is 5.54 Å². The molecular formula is C13H19N3S2. The van der Waals surface area contributed by atoms with Gasteiger partial charge in [0, 0.05) is 18.3 Å². The fraction of sp³-hybridized carbons (Fsp3) is 0.538. The molecule has 0 unspecified atom stereocenters. The maximum absolute atomic E-state index is 5.44. The summed E-state index contributed by atoms with van der Waals surface area (Å²) in [6, 6.07) is 6.05. The second-order valence-corrected chi connectivity index (χ2v) is 7.01. The van der Waals surface area contributed by atoms with Gasteiger partial charge in [-0.15, -0.1) is 0 Å². The van der Waals surface area contributed by atoms with Crippen LogP contribution in [0, 0.1) is 0 Å². The minimum atomic E-state index is 0.0763. The molecule has 98 valence electrons. The SMILES string of the molecule is CC(C)(C)N1CN(Cc2ccccn2)CSC1=S. The Balaban J connectivity index is 2.02. The van der Waals surface area contributed by atoms with Crippen molar-refractivity contribution in [2.75, 3.05) is 12.5 Å². The number of rotatable bonds is 2. The Morgan fingerprint density at radius 3 is 2.78 bits per heavy atom. The van der Waals surface area contributed by atoms with E-state index >= 15 is 0 Å². The lowest BCUT2D eigenvalue weighted by Crippen LogP contribution is -2.52. The summed E-state index contributed by atoms with van der Waals surface area (Å²) in [4.78, 5) is 9.02. The lowest BCUT2D eigenvalue weighted by atomic mass is 10.1. The minimum absolute atomic E-state index is 0.0763. The van der Waals surface area contributed by atoms with Gasteiger partial charge in [-0.3, -0.25) is 9.88 Å². The molecule has 0 aromatic carbocycles. The average Bonchev–Trinajstić information content (AvgIpc) is 2.31. The highest BCUT2D eigenvalue weighted by atomic mass is 32.2. The van der Waals surface area contributed by atoms with Crippen molar-refractivity contribution < 1.29 is 0 Å². The largest absolute Gasteiger partial charge is 0.340 e. The fourth-order valence-electron chi connectivity index (χ4n) is 1.83. The lowest BCUT2D eigenvalue weighted by molar-refractivity contribution is 0.132. The van der Waals surface area contributed by atoms with E-state index in [0.29, 0.717) is 0 Å². The van der Waals surface area contributed by atoms with Crippen molar-refractivity contribution in [2.24, 2.45) is 0 Å². The molecule has 18 heavy (non-hydrogen) atoms. The van der Waals surface area contributed by atoms with Crippen molar-refractivity contribution in [3.05, 3.63) is 30.1 Å². The van der Waals surface area contributed by atoms with Crippen LogP contribution in [0.15, 0.2) is 24.4 Å². The molecule has 0 atom stereocenters. The van der Waals surface area contributed by atoms with Crippen molar-refractivity contribution >= 4 is 28.3 Å². The maximum atomic E-state index is 5.44. The third-order valence-electron chi connectivity index (χ3n) is 2.85. The summed E-state index contributed by atoms with van der Waals surface area (Å²) in [6.45, 7) is 8.35. The molecule has 0 radical (unpaired) electrons. The van der Waals surface area contributed by atoms with E-state index in [1.165, 1.54) is 0 Å². The van der Waals surface area contributed by atoms with Gasteiger partial charge in [-0.2, -0.15) is 0 Å². The first-order valence-electron chi connectivity index (χ1n) is 6.03. The standard InChI is InChI=1S/C13H19N3S2/c1-13(2,3)16-9-15(10-18-12(16)17)8-11-6-4-5-7-14-11/h4-7H,8-10H2,1-3H3. The fourth-order valence-corrected chi connectivity index (χ4v) is 3.27. The molecular weight excluding hydrogens is 262 g/mol. The molecule has 1 saturated heterocycles. The molecule has 2 heterocycles. The summed E-state index contributed by atoms with van der Waals surface area (Å²) in [7, 11) is 0. The Morgan fingerprint density at radius 2 is 2.17 bits per heavy atom. The summed E-state index contributed by atoms with van der Waals surface area (Å²) >= 11 is 7.18. The van der Waals surface area contributed by atoms with Crippen molar-refractivity contribution in [3.63, 3.8) is 0 Å². The van der Waals surface area contributed by atoms with Gasteiger partial charge < -0.3 is 4.90 Å². The van der Waals surface area contributed by atoms with Gasteiger partial charge in [0.2, 0.25) is 0 Å². The van der Waals surface area contributed by atoms with Crippen LogP contribution in [0.25, 0.3) is 0 Å². The van der Waals surface area contributed by atoms with Gasteiger partial charge in [-0.25, -0.2) is 0 Å². The molecule has 1 aromatic heterocycles. The summed E-state index contributed by atoms with van der Waals surface area (Å²) < 4.78 is 1.000. The molecule has 0 spiro atoms. The van der Waals surface area contributed by atoms with Crippen LogP contribution < -0.4 is 0 Å². The molecule has 2 rings (SSSR count). The average molecular weight is 281 g/mol.